The van der Waals surface area contributed by atoms with E-state index in [2.05, 4.69) is 22.0 Å². The first-order chi connectivity index (χ1) is 14.4. The number of para-hydroxylation sites is 1. The van der Waals surface area contributed by atoms with Crippen LogP contribution in [0.4, 0.5) is 5.69 Å². The second-order valence-electron chi connectivity index (χ2n) is 8.06. The summed E-state index contributed by atoms with van der Waals surface area (Å²) in [6.07, 6.45) is 2.67. The first kappa shape index (κ1) is 20.9. The van der Waals surface area contributed by atoms with Crippen molar-refractivity contribution in [2.75, 3.05) is 44.2 Å². The van der Waals surface area contributed by atoms with Gasteiger partial charge in [-0.3, -0.25) is 4.79 Å². The molecule has 0 spiro atoms. The summed E-state index contributed by atoms with van der Waals surface area (Å²) < 4.78 is 28.9. The van der Waals surface area contributed by atoms with Gasteiger partial charge in [0, 0.05) is 64.1 Å². The van der Waals surface area contributed by atoms with Crippen LogP contribution in [0, 0.1) is 12.8 Å². The molecule has 1 aromatic heterocycles. The second-order valence-corrected chi connectivity index (χ2v) is 9.95. The van der Waals surface area contributed by atoms with Crippen molar-refractivity contribution in [1.82, 2.24) is 18.8 Å². The van der Waals surface area contributed by atoms with E-state index in [9.17, 15) is 13.2 Å². The zero-order chi connectivity index (χ0) is 21.3. The number of sulfonamides is 1. The van der Waals surface area contributed by atoms with Crippen molar-refractivity contribution < 1.29 is 13.2 Å². The molecule has 0 atom stereocenters. The number of rotatable bonds is 4. The average Bonchev–Trinajstić information content (AvgIpc) is 3.13. The predicted molar refractivity (Wildman–Crippen MR) is 115 cm³/mol. The molecule has 9 heteroatoms. The Balaban J connectivity index is 1.31. The number of piperazine rings is 1. The zero-order valence-corrected chi connectivity index (χ0v) is 18.4. The molecule has 0 N–H and O–H groups in total. The molecule has 0 aliphatic carbocycles. The van der Waals surface area contributed by atoms with Gasteiger partial charge in [-0.05, 0) is 31.9 Å². The molecule has 2 aliphatic rings. The Bertz CT molecular complexity index is 969. The fourth-order valence-corrected chi connectivity index (χ4v) is 5.70. The van der Waals surface area contributed by atoms with Crippen molar-refractivity contribution in [1.29, 1.82) is 0 Å². The van der Waals surface area contributed by atoms with Gasteiger partial charge in [-0.1, -0.05) is 18.2 Å². The SMILES string of the molecule is Cc1nc(S(=O)(=O)N2CCC(C(=O)N3CCN(c4ccccc4)CC3)CC2)cn1C. The number of hydrogen-bond donors (Lipinski definition) is 0. The zero-order valence-electron chi connectivity index (χ0n) is 17.6. The molecule has 2 aliphatic heterocycles. The number of carbonyl (C=O) groups is 1. The first-order valence-corrected chi connectivity index (χ1v) is 11.9. The van der Waals surface area contributed by atoms with Gasteiger partial charge in [0.05, 0.1) is 0 Å². The summed E-state index contributed by atoms with van der Waals surface area (Å²) in [6.45, 7) is 5.56. The lowest BCUT2D eigenvalue weighted by Gasteiger charge is -2.39. The van der Waals surface area contributed by atoms with Gasteiger partial charge in [-0.2, -0.15) is 4.31 Å². The lowest BCUT2D eigenvalue weighted by Crippen LogP contribution is -2.52. The smallest absolute Gasteiger partial charge is 0.262 e. The van der Waals surface area contributed by atoms with E-state index in [0.717, 1.165) is 13.1 Å². The van der Waals surface area contributed by atoms with Crippen LogP contribution in [-0.4, -0.2) is 72.3 Å². The highest BCUT2D eigenvalue weighted by atomic mass is 32.2. The average molecular weight is 432 g/mol. The van der Waals surface area contributed by atoms with Crippen LogP contribution >= 0.6 is 0 Å². The lowest BCUT2D eigenvalue weighted by molar-refractivity contribution is -0.137. The van der Waals surface area contributed by atoms with E-state index < -0.39 is 10.0 Å². The minimum atomic E-state index is -3.61. The van der Waals surface area contributed by atoms with E-state index in [-0.39, 0.29) is 16.9 Å². The number of benzene rings is 1. The highest BCUT2D eigenvalue weighted by Crippen LogP contribution is 2.26. The summed E-state index contributed by atoms with van der Waals surface area (Å²) in [4.78, 5) is 21.4. The first-order valence-electron chi connectivity index (χ1n) is 10.4. The number of carbonyl (C=O) groups excluding carboxylic acids is 1. The van der Waals surface area contributed by atoms with Gasteiger partial charge in [0.15, 0.2) is 5.03 Å². The Morgan fingerprint density at radius 1 is 1.00 bits per heavy atom. The van der Waals surface area contributed by atoms with Crippen molar-refractivity contribution in [3.63, 3.8) is 0 Å². The third kappa shape index (κ3) is 4.09. The number of aromatic nitrogens is 2. The van der Waals surface area contributed by atoms with Gasteiger partial charge in [0.25, 0.3) is 10.0 Å². The molecule has 1 aromatic carbocycles. The van der Waals surface area contributed by atoms with E-state index in [1.807, 2.05) is 23.1 Å². The maximum Gasteiger partial charge on any atom is 0.262 e. The normalized spacial score (nSPS) is 19.3. The molecule has 2 fully saturated rings. The fraction of sp³-hybridized carbons (Fsp3) is 0.524. The standard InChI is InChI=1S/C21H29N5O3S/c1-17-22-20(16-23(17)2)30(28,29)26-10-8-18(9-11-26)21(27)25-14-12-24(13-15-25)19-6-4-3-5-7-19/h3-7,16,18H,8-15H2,1-2H3. The molecule has 30 heavy (non-hydrogen) atoms. The summed E-state index contributed by atoms with van der Waals surface area (Å²) in [5.74, 6) is 0.715. The van der Waals surface area contributed by atoms with Crippen molar-refractivity contribution in [3.8, 4) is 0 Å². The summed E-state index contributed by atoms with van der Waals surface area (Å²) in [5.41, 5.74) is 1.19. The number of anilines is 1. The molecule has 0 unspecified atom stereocenters. The summed E-state index contributed by atoms with van der Waals surface area (Å²) >= 11 is 0. The Morgan fingerprint density at radius 3 is 2.20 bits per heavy atom. The Morgan fingerprint density at radius 2 is 1.63 bits per heavy atom. The van der Waals surface area contributed by atoms with Crippen LogP contribution in [0.1, 0.15) is 18.7 Å². The molecule has 8 nitrogen and oxygen atoms in total. The van der Waals surface area contributed by atoms with E-state index >= 15 is 0 Å². The number of nitrogens with zero attached hydrogens (tertiary/aromatic N) is 5. The molecule has 1 amide bonds. The molecular weight excluding hydrogens is 402 g/mol. The van der Waals surface area contributed by atoms with Crippen LogP contribution in [0.2, 0.25) is 0 Å². The van der Waals surface area contributed by atoms with Crippen LogP contribution < -0.4 is 4.90 Å². The molecule has 0 saturated carbocycles. The second kappa shape index (κ2) is 8.39. The Hall–Kier alpha value is -2.39. The maximum atomic E-state index is 13.0. The van der Waals surface area contributed by atoms with Gasteiger partial charge in [0.2, 0.25) is 5.91 Å². The van der Waals surface area contributed by atoms with E-state index in [1.54, 1.807) is 24.7 Å². The quantitative estimate of drug-likeness (QED) is 0.733. The number of imidazole rings is 1. The van der Waals surface area contributed by atoms with Crippen LogP contribution in [0.3, 0.4) is 0 Å². The van der Waals surface area contributed by atoms with E-state index in [0.29, 0.717) is 44.8 Å². The van der Waals surface area contributed by atoms with Gasteiger partial charge in [0.1, 0.15) is 5.82 Å². The molecule has 4 rings (SSSR count). The highest BCUT2D eigenvalue weighted by molar-refractivity contribution is 7.89. The summed E-state index contributed by atoms with van der Waals surface area (Å²) in [7, 11) is -1.82. The van der Waals surface area contributed by atoms with E-state index in [4.69, 9.17) is 0 Å². The van der Waals surface area contributed by atoms with Crippen LogP contribution in [0.15, 0.2) is 41.6 Å². The molecule has 2 saturated heterocycles. The predicted octanol–water partition coefficient (Wildman–Crippen LogP) is 1.48. The lowest BCUT2D eigenvalue weighted by atomic mass is 9.96. The van der Waals surface area contributed by atoms with Crippen LogP contribution in [0.5, 0.6) is 0 Å². The summed E-state index contributed by atoms with van der Waals surface area (Å²) in [5, 5.41) is 0.0873. The van der Waals surface area contributed by atoms with Crippen molar-refractivity contribution in [3.05, 3.63) is 42.4 Å². The van der Waals surface area contributed by atoms with Gasteiger partial charge in [-0.15, -0.1) is 0 Å². The molecule has 3 heterocycles. The van der Waals surface area contributed by atoms with Gasteiger partial charge in [-0.25, -0.2) is 13.4 Å². The third-order valence-electron chi connectivity index (χ3n) is 6.21. The maximum absolute atomic E-state index is 13.0. The van der Waals surface area contributed by atoms with Crippen molar-refractivity contribution >= 4 is 21.6 Å². The number of amides is 1. The third-order valence-corrected chi connectivity index (χ3v) is 7.98. The largest absolute Gasteiger partial charge is 0.368 e. The Labute approximate surface area is 178 Å². The number of piperidine rings is 1. The molecular formula is C21H29N5O3S. The molecule has 0 radical (unpaired) electrons. The molecule has 0 bridgehead atoms. The molecule has 2 aromatic rings. The van der Waals surface area contributed by atoms with Gasteiger partial charge < -0.3 is 14.4 Å². The van der Waals surface area contributed by atoms with Crippen LogP contribution in [0.25, 0.3) is 0 Å². The minimum Gasteiger partial charge on any atom is -0.368 e. The van der Waals surface area contributed by atoms with Crippen LogP contribution in [-0.2, 0) is 21.9 Å². The highest BCUT2D eigenvalue weighted by Gasteiger charge is 2.35. The Kier molecular flexibility index (Phi) is 5.84. The number of aryl methyl sites for hydroxylation is 2. The fourth-order valence-electron chi connectivity index (χ4n) is 4.21. The summed E-state index contributed by atoms with van der Waals surface area (Å²) in [6, 6.07) is 10.3. The minimum absolute atomic E-state index is 0.0873. The number of hydrogen-bond acceptors (Lipinski definition) is 5. The van der Waals surface area contributed by atoms with Gasteiger partial charge >= 0.3 is 0 Å². The van der Waals surface area contributed by atoms with Crippen molar-refractivity contribution in [2.24, 2.45) is 13.0 Å². The molecule has 162 valence electrons. The van der Waals surface area contributed by atoms with Crippen molar-refractivity contribution in [2.45, 2.75) is 24.8 Å². The van der Waals surface area contributed by atoms with E-state index in [1.165, 1.54) is 9.99 Å². The topological polar surface area (TPSA) is 78.8 Å². The monoisotopic (exact) mass is 431 g/mol.